The van der Waals surface area contributed by atoms with Crippen LogP contribution in [0, 0.1) is 5.82 Å². The largest absolute Gasteiger partial charge is 0.298 e. The van der Waals surface area contributed by atoms with E-state index in [1.165, 1.54) is 22.8 Å². The standard InChI is InChI=1S/C25H22FN3/c1-2-29-15-21-13-20(25-4-3-11-27-28-25)8-10-23(21)24(16-29)19-6-5-18-14-22(26)9-7-17(18)12-19/h3-14,24H,2,15-16H2,1H3. The van der Waals surface area contributed by atoms with Gasteiger partial charge in [-0.15, -0.1) is 0 Å². The number of halogens is 1. The first-order valence-corrected chi connectivity index (χ1v) is 10.0. The third-order valence-corrected chi connectivity index (χ3v) is 5.90. The van der Waals surface area contributed by atoms with E-state index in [9.17, 15) is 4.39 Å². The predicted molar refractivity (Wildman–Crippen MR) is 114 cm³/mol. The van der Waals surface area contributed by atoms with Gasteiger partial charge in [-0.2, -0.15) is 10.2 Å². The third-order valence-electron chi connectivity index (χ3n) is 5.90. The SMILES string of the molecule is CCN1Cc2cc(-c3cccnn3)ccc2C(c2ccc3cc(F)ccc3c2)C1. The Bertz CT molecular complexity index is 1170. The fraction of sp³-hybridized carbons (Fsp3) is 0.200. The van der Waals surface area contributed by atoms with E-state index in [0.717, 1.165) is 41.7 Å². The minimum absolute atomic E-state index is 0.193. The first kappa shape index (κ1) is 18.0. The van der Waals surface area contributed by atoms with Crippen LogP contribution in [0.3, 0.4) is 0 Å². The van der Waals surface area contributed by atoms with E-state index in [1.54, 1.807) is 12.3 Å². The first-order chi connectivity index (χ1) is 14.2. The first-order valence-electron chi connectivity index (χ1n) is 10.0. The van der Waals surface area contributed by atoms with Crippen molar-refractivity contribution >= 4 is 10.8 Å². The molecule has 0 radical (unpaired) electrons. The van der Waals surface area contributed by atoms with Crippen molar-refractivity contribution in [3.05, 3.63) is 95.4 Å². The van der Waals surface area contributed by atoms with Crippen molar-refractivity contribution in [2.45, 2.75) is 19.4 Å². The highest BCUT2D eigenvalue weighted by Crippen LogP contribution is 2.36. The lowest BCUT2D eigenvalue weighted by molar-refractivity contribution is 0.253. The summed E-state index contributed by atoms with van der Waals surface area (Å²) in [4.78, 5) is 2.47. The van der Waals surface area contributed by atoms with E-state index in [-0.39, 0.29) is 5.82 Å². The Labute approximate surface area is 169 Å². The van der Waals surface area contributed by atoms with Gasteiger partial charge < -0.3 is 0 Å². The number of benzene rings is 3. The van der Waals surface area contributed by atoms with E-state index in [2.05, 4.69) is 52.4 Å². The lowest BCUT2D eigenvalue weighted by Gasteiger charge is -2.34. The highest BCUT2D eigenvalue weighted by Gasteiger charge is 2.26. The molecule has 0 saturated carbocycles. The summed E-state index contributed by atoms with van der Waals surface area (Å²) < 4.78 is 13.5. The Hall–Kier alpha value is -3.11. The summed E-state index contributed by atoms with van der Waals surface area (Å²) in [5, 5.41) is 10.3. The molecule has 29 heavy (non-hydrogen) atoms. The van der Waals surface area contributed by atoms with Crippen molar-refractivity contribution in [3.63, 3.8) is 0 Å². The topological polar surface area (TPSA) is 29.0 Å². The second-order valence-electron chi connectivity index (χ2n) is 7.65. The number of hydrogen-bond acceptors (Lipinski definition) is 3. The summed E-state index contributed by atoms with van der Waals surface area (Å²) >= 11 is 0. The second kappa shape index (κ2) is 7.37. The van der Waals surface area contributed by atoms with Crippen LogP contribution in [0.4, 0.5) is 4.39 Å². The number of rotatable bonds is 3. The number of fused-ring (bicyclic) bond motifs is 2. The molecule has 0 aliphatic carbocycles. The minimum Gasteiger partial charge on any atom is -0.298 e. The van der Waals surface area contributed by atoms with Gasteiger partial charge in [-0.25, -0.2) is 4.39 Å². The Kier molecular flexibility index (Phi) is 4.57. The average molecular weight is 383 g/mol. The summed E-state index contributed by atoms with van der Waals surface area (Å²) in [6.07, 6.45) is 1.70. The predicted octanol–water partition coefficient (Wildman–Crippen LogP) is 5.40. The molecule has 3 aromatic carbocycles. The monoisotopic (exact) mass is 383 g/mol. The molecule has 1 unspecified atom stereocenters. The number of aromatic nitrogens is 2. The van der Waals surface area contributed by atoms with Crippen LogP contribution in [0.2, 0.25) is 0 Å². The molecule has 4 aromatic rings. The smallest absolute Gasteiger partial charge is 0.123 e. The fourth-order valence-electron chi connectivity index (χ4n) is 4.34. The molecule has 0 saturated heterocycles. The molecular weight excluding hydrogens is 361 g/mol. The zero-order chi connectivity index (χ0) is 19.8. The average Bonchev–Trinajstić information content (AvgIpc) is 2.78. The molecule has 4 heteroatoms. The van der Waals surface area contributed by atoms with Crippen molar-refractivity contribution in [2.75, 3.05) is 13.1 Å². The van der Waals surface area contributed by atoms with E-state index >= 15 is 0 Å². The molecule has 0 spiro atoms. The molecule has 1 aliphatic heterocycles. The van der Waals surface area contributed by atoms with Gasteiger partial charge in [0, 0.05) is 30.8 Å². The van der Waals surface area contributed by atoms with Crippen molar-refractivity contribution in [3.8, 4) is 11.3 Å². The van der Waals surface area contributed by atoms with Crippen molar-refractivity contribution in [1.29, 1.82) is 0 Å². The van der Waals surface area contributed by atoms with Gasteiger partial charge in [-0.3, -0.25) is 4.90 Å². The Morgan fingerprint density at radius 3 is 2.69 bits per heavy atom. The maximum absolute atomic E-state index is 13.5. The van der Waals surface area contributed by atoms with Crippen LogP contribution >= 0.6 is 0 Å². The Morgan fingerprint density at radius 1 is 1.00 bits per heavy atom. The molecule has 1 atom stereocenters. The zero-order valence-corrected chi connectivity index (χ0v) is 16.3. The van der Waals surface area contributed by atoms with Crippen LogP contribution in [0.1, 0.15) is 29.5 Å². The van der Waals surface area contributed by atoms with Gasteiger partial charge in [0.05, 0.1) is 5.69 Å². The lowest BCUT2D eigenvalue weighted by Crippen LogP contribution is -2.33. The third kappa shape index (κ3) is 3.40. The fourth-order valence-corrected chi connectivity index (χ4v) is 4.34. The number of nitrogens with zero attached hydrogens (tertiary/aromatic N) is 3. The number of likely N-dealkylation sites (N-methyl/N-ethyl adjacent to an activating group) is 1. The molecule has 144 valence electrons. The van der Waals surface area contributed by atoms with Crippen molar-refractivity contribution < 1.29 is 4.39 Å². The van der Waals surface area contributed by atoms with Crippen LogP contribution in [0.25, 0.3) is 22.0 Å². The molecule has 2 heterocycles. The van der Waals surface area contributed by atoms with Gasteiger partial charge in [0.15, 0.2) is 0 Å². The van der Waals surface area contributed by atoms with Gasteiger partial charge >= 0.3 is 0 Å². The Balaban J connectivity index is 1.59. The van der Waals surface area contributed by atoms with Gasteiger partial charge in [0.25, 0.3) is 0 Å². The van der Waals surface area contributed by atoms with Crippen molar-refractivity contribution in [1.82, 2.24) is 15.1 Å². The molecule has 1 aromatic heterocycles. The summed E-state index contributed by atoms with van der Waals surface area (Å²) in [6, 6.07) is 21.9. The van der Waals surface area contributed by atoms with Gasteiger partial charge in [0.1, 0.15) is 5.82 Å². The quantitative estimate of drug-likeness (QED) is 0.474. The molecule has 0 bridgehead atoms. The van der Waals surface area contributed by atoms with Crippen LogP contribution in [0.15, 0.2) is 72.9 Å². The van der Waals surface area contributed by atoms with Crippen LogP contribution in [-0.2, 0) is 6.54 Å². The molecule has 3 nitrogen and oxygen atoms in total. The van der Waals surface area contributed by atoms with Crippen LogP contribution < -0.4 is 0 Å². The second-order valence-corrected chi connectivity index (χ2v) is 7.65. The van der Waals surface area contributed by atoms with E-state index in [1.807, 2.05) is 24.3 Å². The maximum Gasteiger partial charge on any atom is 0.123 e. The minimum atomic E-state index is -0.193. The van der Waals surface area contributed by atoms with Gasteiger partial charge in [-0.05, 0) is 64.3 Å². The van der Waals surface area contributed by atoms with Gasteiger partial charge in [-0.1, -0.05) is 43.3 Å². The molecule has 0 N–H and O–H groups in total. The summed E-state index contributed by atoms with van der Waals surface area (Å²) in [5.74, 6) is 0.103. The molecule has 5 rings (SSSR count). The van der Waals surface area contributed by atoms with Crippen LogP contribution in [-0.4, -0.2) is 28.2 Å². The normalized spacial score (nSPS) is 16.7. The molecule has 0 amide bonds. The van der Waals surface area contributed by atoms with E-state index in [0.29, 0.717) is 5.92 Å². The van der Waals surface area contributed by atoms with E-state index in [4.69, 9.17) is 0 Å². The van der Waals surface area contributed by atoms with Crippen molar-refractivity contribution in [2.24, 2.45) is 0 Å². The maximum atomic E-state index is 13.5. The highest BCUT2D eigenvalue weighted by molar-refractivity contribution is 5.83. The highest BCUT2D eigenvalue weighted by atomic mass is 19.1. The summed E-state index contributed by atoms with van der Waals surface area (Å²) in [5.41, 5.74) is 5.97. The molecule has 0 fully saturated rings. The molecular formula is C25H22FN3. The summed E-state index contributed by atoms with van der Waals surface area (Å²) in [6.45, 7) is 5.14. The Morgan fingerprint density at radius 2 is 1.86 bits per heavy atom. The van der Waals surface area contributed by atoms with Crippen LogP contribution in [0.5, 0.6) is 0 Å². The van der Waals surface area contributed by atoms with E-state index < -0.39 is 0 Å². The molecule has 1 aliphatic rings. The lowest BCUT2D eigenvalue weighted by atomic mass is 9.83. The number of hydrogen-bond donors (Lipinski definition) is 0. The summed E-state index contributed by atoms with van der Waals surface area (Å²) in [7, 11) is 0. The zero-order valence-electron chi connectivity index (χ0n) is 16.3. The van der Waals surface area contributed by atoms with Gasteiger partial charge in [0.2, 0.25) is 0 Å².